The van der Waals surface area contributed by atoms with E-state index < -0.39 is 0 Å². The molecule has 5 heteroatoms. The lowest BCUT2D eigenvalue weighted by Gasteiger charge is -2.32. The topological polar surface area (TPSA) is 56.4 Å². The molecule has 3 N–H and O–H groups in total. The molecule has 2 heterocycles. The van der Waals surface area contributed by atoms with Gasteiger partial charge in [-0.2, -0.15) is 0 Å². The molecule has 2 saturated heterocycles. The zero-order chi connectivity index (χ0) is 20.1. The van der Waals surface area contributed by atoms with Gasteiger partial charge in [-0.25, -0.2) is 0 Å². The van der Waals surface area contributed by atoms with Gasteiger partial charge in [0.05, 0.1) is 5.92 Å². The predicted octanol–water partition coefficient (Wildman–Crippen LogP) is 3.89. The molecule has 0 aromatic heterocycles. The highest BCUT2D eigenvalue weighted by Gasteiger charge is 2.21. The number of nitrogens with one attached hydrogen (secondary N) is 3. The number of carbonyl (C=O) groups is 1. The maximum Gasteiger partial charge on any atom is 0.224 e. The van der Waals surface area contributed by atoms with Crippen LogP contribution in [0.5, 0.6) is 0 Å². The lowest BCUT2D eigenvalue weighted by Crippen LogP contribution is -2.32. The summed E-state index contributed by atoms with van der Waals surface area (Å²) in [5.74, 6) is 1.12. The van der Waals surface area contributed by atoms with Crippen LogP contribution < -0.4 is 20.9 Å². The van der Waals surface area contributed by atoms with Crippen molar-refractivity contribution in [1.82, 2.24) is 10.6 Å². The van der Waals surface area contributed by atoms with E-state index in [9.17, 15) is 4.79 Å². The second-order valence-corrected chi connectivity index (χ2v) is 8.45. The van der Waals surface area contributed by atoms with Gasteiger partial charge in [0, 0.05) is 43.2 Å². The van der Waals surface area contributed by atoms with Crippen LogP contribution in [0.1, 0.15) is 31.7 Å². The predicted molar refractivity (Wildman–Crippen MR) is 120 cm³/mol. The number of benzene rings is 2. The first-order valence-electron chi connectivity index (χ1n) is 10.9. The zero-order valence-corrected chi connectivity index (χ0v) is 17.3. The Morgan fingerprint density at radius 2 is 1.66 bits per heavy atom. The lowest BCUT2D eigenvalue weighted by molar-refractivity contribution is -0.124. The molecular formula is C24H32N4O. The summed E-state index contributed by atoms with van der Waals surface area (Å²) in [7, 11) is 0. The van der Waals surface area contributed by atoms with Gasteiger partial charge < -0.3 is 20.9 Å². The first kappa shape index (κ1) is 19.8. The molecule has 1 amide bonds. The van der Waals surface area contributed by atoms with Gasteiger partial charge in [-0.1, -0.05) is 19.1 Å². The van der Waals surface area contributed by atoms with Gasteiger partial charge in [0.1, 0.15) is 0 Å². The van der Waals surface area contributed by atoms with Gasteiger partial charge in [-0.15, -0.1) is 0 Å². The maximum absolute atomic E-state index is 12.1. The van der Waals surface area contributed by atoms with Crippen LogP contribution in [0, 0.1) is 11.8 Å². The largest absolute Gasteiger partial charge is 0.372 e. The molecule has 29 heavy (non-hydrogen) atoms. The van der Waals surface area contributed by atoms with E-state index >= 15 is 0 Å². The number of hydrogen-bond donors (Lipinski definition) is 3. The molecule has 5 nitrogen and oxygen atoms in total. The summed E-state index contributed by atoms with van der Waals surface area (Å²) in [6.45, 7) is 6.98. The van der Waals surface area contributed by atoms with Crippen molar-refractivity contribution >= 4 is 23.0 Å². The second-order valence-electron chi connectivity index (χ2n) is 8.45. The lowest BCUT2D eigenvalue weighted by atomic mass is 9.99. The standard InChI is InChI=1S/C24H32N4O/c1-18-11-14-28(15-12-18)23-8-6-22(7-9-23)27-21-4-2-19(3-5-21)16-26-24(29)20-10-13-25-17-20/h2-9,18,20,25,27H,10-17H2,1H3,(H,26,29). The summed E-state index contributed by atoms with van der Waals surface area (Å²) in [6.07, 6.45) is 3.50. The Morgan fingerprint density at radius 3 is 2.28 bits per heavy atom. The zero-order valence-electron chi connectivity index (χ0n) is 17.3. The fourth-order valence-corrected chi connectivity index (χ4v) is 4.11. The van der Waals surface area contributed by atoms with Crippen LogP contribution >= 0.6 is 0 Å². The van der Waals surface area contributed by atoms with E-state index in [1.165, 1.54) is 18.5 Å². The van der Waals surface area contributed by atoms with Crippen LogP contribution in [0.15, 0.2) is 48.5 Å². The minimum atomic E-state index is 0.118. The molecule has 1 atom stereocenters. The number of nitrogens with zero attached hydrogens (tertiary/aromatic N) is 1. The van der Waals surface area contributed by atoms with Gasteiger partial charge in [0.2, 0.25) is 5.91 Å². The van der Waals surface area contributed by atoms with Gasteiger partial charge in [-0.05, 0) is 73.7 Å². The van der Waals surface area contributed by atoms with Crippen LogP contribution in [0.2, 0.25) is 0 Å². The van der Waals surface area contributed by atoms with Gasteiger partial charge >= 0.3 is 0 Å². The molecule has 2 aromatic rings. The van der Waals surface area contributed by atoms with E-state index in [2.05, 4.69) is 76.3 Å². The Labute approximate surface area is 173 Å². The number of carbonyl (C=O) groups excluding carboxylic acids is 1. The van der Waals surface area contributed by atoms with Crippen LogP contribution in [-0.2, 0) is 11.3 Å². The van der Waals surface area contributed by atoms with Gasteiger partial charge in [-0.3, -0.25) is 4.79 Å². The van der Waals surface area contributed by atoms with E-state index in [4.69, 9.17) is 0 Å². The third kappa shape index (κ3) is 5.30. The van der Waals surface area contributed by atoms with Gasteiger partial charge in [0.25, 0.3) is 0 Å². The second kappa shape index (κ2) is 9.31. The molecule has 0 spiro atoms. The summed E-state index contributed by atoms with van der Waals surface area (Å²) in [4.78, 5) is 14.6. The van der Waals surface area contributed by atoms with Crippen molar-refractivity contribution in [2.45, 2.75) is 32.7 Å². The molecule has 0 saturated carbocycles. The number of amides is 1. The highest BCUT2D eigenvalue weighted by molar-refractivity contribution is 5.79. The minimum absolute atomic E-state index is 0.118. The van der Waals surface area contributed by atoms with Crippen molar-refractivity contribution in [1.29, 1.82) is 0 Å². The average molecular weight is 393 g/mol. The fourth-order valence-electron chi connectivity index (χ4n) is 4.11. The van der Waals surface area contributed by atoms with E-state index in [-0.39, 0.29) is 11.8 Å². The number of rotatable bonds is 6. The molecule has 154 valence electrons. The first-order chi connectivity index (χ1) is 14.2. The van der Waals surface area contributed by atoms with E-state index in [0.717, 1.165) is 55.5 Å². The van der Waals surface area contributed by atoms with E-state index in [1.54, 1.807) is 0 Å². The average Bonchev–Trinajstić information content (AvgIpc) is 3.29. The molecule has 2 aliphatic heterocycles. The van der Waals surface area contributed by atoms with Crippen molar-refractivity contribution < 1.29 is 4.79 Å². The van der Waals surface area contributed by atoms with Gasteiger partial charge in [0.15, 0.2) is 0 Å². The Balaban J connectivity index is 1.27. The molecular weight excluding hydrogens is 360 g/mol. The quantitative estimate of drug-likeness (QED) is 0.698. The smallest absolute Gasteiger partial charge is 0.224 e. The van der Waals surface area contributed by atoms with Crippen molar-refractivity contribution in [3.8, 4) is 0 Å². The number of anilines is 3. The SMILES string of the molecule is CC1CCN(c2ccc(Nc3ccc(CNC(=O)C4CCNC4)cc3)cc2)CC1. The maximum atomic E-state index is 12.1. The molecule has 2 aromatic carbocycles. The summed E-state index contributed by atoms with van der Waals surface area (Å²) in [5.41, 5.74) is 4.57. The number of hydrogen-bond acceptors (Lipinski definition) is 4. The van der Waals surface area contributed by atoms with Crippen molar-refractivity contribution in [3.05, 3.63) is 54.1 Å². The van der Waals surface area contributed by atoms with Crippen LogP contribution in [0.3, 0.4) is 0 Å². The van der Waals surface area contributed by atoms with Crippen LogP contribution in [-0.4, -0.2) is 32.1 Å². The molecule has 2 aliphatic rings. The Hall–Kier alpha value is -2.53. The van der Waals surface area contributed by atoms with E-state index in [1.807, 2.05) is 0 Å². The number of piperidine rings is 1. The van der Waals surface area contributed by atoms with Crippen molar-refractivity contribution in [2.75, 3.05) is 36.4 Å². The molecule has 2 fully saturated rings. The summed E-state index contributed by atoms with van der Waals surface area (Å²) in [5, 5.41) is 9.74. The highest BCUT2D eigenvalue weighted by atomic mass is 16.1. The summed E-state index contributed by atoms with van der Waals surface area (Å²) in [6, 6.07) is 17.0. The van der Waals surface area contributed by atoms with Crippen molar-refractivity contribution in [3.63, 3.8) is 0 Å². The summed E-state index contributed by atoms with van der Waals surface area (Å²) >= 11 is 0. The molecule has 0 aliphatic carbocycles. The summed E-state index contributed by atoms with van der Waals surface area (Å²) < 4.78 is 0. The first-order valence-corrected chi connectivity index (χ1v) is 10.9. The Morgan fingerprint density at radius 1 is 1.00 bits per heavy atom. The fraction of sp³-hybridized carbons (Fsp3) is 0.458. The van der Waals surface area contributed by atoms with Crippen LogP contribution in [0.4, 0.5) is 17.1 Å². The van der Waals surface area contributed by atoms with Crippen LogP contribution in [0.25, 0.3) is 0 Å². The molecule has 1 unspecified atom stereocenters. The Kier molecular flexibility index (Phi) is 6.35. The van der Waals surface area contributed by atoms with Crippen molar-refractivity contribution in [2.24, 2.45) is 11.8 Å². The minimum Gasteiger partial charge on any atom is -0.372 e. The molecule has 0 radical (unpaired) electrons. The highest BCUT2D eigenvalue weighted by Crippen LogP contribution is 2.25. The normalized spacial score (nSPS) is 19.9. The molecule has 4 rings (SSSR count). The van der Waals surface area contributed by atoms with E-state index in [0.29, 0.717) is 6.54 Å². The molecule has 0 bridgehead atoms. The monoisotopic (exact) mass is 392 g/mol. The third-order valence-corrected chi connectivity index (χ3v) is 6.16. The Bertz CT molecular complexity index is 789. The third-order valence-electron chi connectivity index (χ3n) is 6.16.